The predicted octanol–water partition coefficient (Wildman–Crippen LogP) is 1.47. The fourth-order valence-corrected chi connectivity index (χ4v) is 1.59. The number of aliphatic hydroxyl groups excluding tert-OH is 1. The topological polar surface area (TPSA) is 64.3 Å². The third-order valence-corrected chi connectivity index (χ3v) is 2.49. The molecule has 1 aromatic heterocycles. The van der Waals surface area contributed by atoms with Crippen molar-refractivity contribution in [2.24, 2.45) is 0 Å². The molecule has 0 radical (unpaired) electrons. The van der Waals surface area contributed by atoms with E-state index in [0.717, 1.165) is 5.69 Å². The van der Waals surface area contributed by atoms with Gasteiger partial charge in [0.2, 0.25) is 0 Å². The highest BCUT2D eigenvalue weighted by atomic mass is 16.5. The maximum absolute atomic E-state index is 11.4. The van der Waals surface area contributed by atoms with Gasteiger partial charge in [0.05, 0.1) is 12.3 Å². The first kappa shape index (κ1) is 12.3. The van der Waals surface area contributed by atoms with E-state index in [0.29, 0.717) is 5.56 Å². The summed E-state index contributed by atoms with van der Waals surface area (Å²) in [5.41, 5.74) is 1.36. The van der Waals surface area contributed by atoms with Crippen LogP contribution in [0.4, 0.5) is 0 Å². The number of hydrogen-bond acceptors (Lipinski definition) is 4. The standard InChI is InChI=1S/C13H14N2O3/c1-2-18-13(17)12(16)10-4-6-11(7-5-10)15-9-3-8-14-15/h3-9,12,16H,2H2,1H3. The minimum absolute atomic E-state index is 0.251. The molecule has 0 amide bonds. The van der Waals surface area contributed by atoms with Gasteiger partial charge in [-0.1, -0.05) is 12.1 Å². The summed E-state index contributed by atoms with van der Waals surface area (Å²) in [4.78, 5) is 11.4. The molecule has 0 aliphatic heterocycles. The number of aromatic nitrogens is 2. The fraction of sp³-hybridized carbons (Fsp3) is 0.231. The molecule has 94 valence electrons. The van der Waals surface area contributed by atoms with Crippen LogP contribution < -0.4 is 0 Å². The van der Waals surface area contributed by atoms with Crippen molar-refractivity contribution < 1.29 is 14.6 Å². The van der Waals surface area contributed by atoms with Gasteiger partial charge in [-0.25, -0.2) is 9.48 Å². The van der Waals surface area contributed by atoms with Gasteiger partial charge in [0.25, 0.3) is 0 Å². The van der Waals surface area contributed by atoms with Crippen LogP contribution in [0, 0.1) is 0 Å². The monoisotopic (exact) mass is 246 g/mol. The molecule has 0 aliphatic rings. The first-order valence-corrected chi connectivity index (χ1v) is 5.67. The Morgan fingerprint density at radius 1 is 1.44 bits per heavy atom. The fourth-order valence-electron chi connectivity index (χ4n) is 1.59. The Kier molecular flexibility index (Phi) is 3.74. The molecular weight excluding hydrogens is 232 g/mol. The highest BCUT2D eigenvalue weighted by Crippen LogP contribution is 2.16. The normalized spacial score (nSPS) is 12.1. The number of benzene rings is 1. The van der Waals surface area contributed by atoms with Crippen molar-refractivity contribution in [3.05, 3.63) is 48.3 Å². The van der Waals surface area contributed by atoms with E-state index >= 15 is 0 Å². The molecule has 1 atom stereocenters. The SMILES string of the molecule is CCOC(=O)C(O)c1ccc(-n2cccn2)cc1. The Morgan fingerprint density at radius 3 is 2.72 bits per heavy atom. The van der Waals surface area contributed by atoms with Gasteiger partial charge in [0.1, 0.15) is 0 Å². The lowest BCUT2D eigenvalue weighted by Crippen LogP contribution is -2.15. The van der Waals surface area contributed by atoms with Gasteiger partial charge in [-0.15, -0.1) is 0 Å². The number of hydrogen-bond donors (Lipinski definition) is 1. The molecule has 0 saturated heterocycles. The van der Waals surface area contributed by atoms with Gasteiger partial charge >= 0.3 is 5.97 Å². The molecular formula is C13H14N2O3. The van der Waals surface area contributed by atoms with Crippen LogP contribution in [0.15, 0.2) is 42.7 Å². The van der Waals surface area contributed by atoms with Crippen LogP contribution in [0.5, 0.6) is 0 Å². The number of esters is 1. The molecule has 5 nitrogen and oxygen atoms in total. The molecule has 0 fully saturated rings. The second-order valence-electron chi connectivity index (χ2n) is 3.70. The third kappa shape index (κ3) is 2.57. The number of carbonyl (C=O) groups excluding carboxylic acids is 1. The van der Waals surface area contributed by atoms with Crippen LogP contribution in [0.25, 0.3) is 5.69 Å². The average Bonchev–Trinajstić information content (AvgIpc) is 2.92. The number of carbonyl (C=O) groups is 1. The van der Waals surface area contributed by atoms with E-state index in [1.165, 1.54) is 0 Å². The van der Waals surface area contributed by atoms with Crippen LogP contribution in [0.1, 0.15) is 18.6 Å². The molecule has 1 unspecified atom stereocenters. The molecule has 0 spiro atoms. The lowest BCUT2D eigenvalue weighted by atomic mass is 10.1. The summed E-state index contributed by atoms with van der Waals surface area (Å²) in [6.07, 6.45) is 2.26. The summed E-state index contributed by atoms with van der Waals surface area (Å²) in [5.74, 6) is -0.635. The van der Waals surface area contributed by atoms with E-state index in [1.54, 1.807) is 42.1 Å². The van der Waals surface area contributed by atoms with E-state index in [1.807, 2.05) is 12.3 Å². The molecule has 1 N–H and O–H groups in total. The summed E-state index contributed by atoms with van der Waals surface area (Å²) in [6, 6.07) is 8.74. The molecule has 2 rings (SSSR count). The summed E-state index contributed by atoms with van der Waals surface area (Å²) in [6.45, 7) is 1.95. The highest BCUT2D eigenvalue weighted by Gasteiger charge is 2.18. The van der Waals surface area contributed by atoms with E-state index in [4.69, 9.17) is 4.74 Å². The van der Waals surface area contributed by atoms with Gasteiger partial charge in [-0.2, -0.15) is 5.10 Å². The molecule has 0 aliphatic carbocycles. The van der Waals surface area contributed by atoms with Crippen LogP contribution >= 0.6 is 0 Å². The average molecular weight is 246 g/mol. The number of nitrogens with zero attached hydrogens (tertiary/aromatic N) is 2. The van der Waals surface area contributed by atoms with Crippen molar-refractivity contribution in [1.29, 1.82) is 0 Å². The van der Waals surface area contributed by atoms with Gasteiger partial charge in [0, 0.05) is 12.4 Å². The van der Waals surface area contributed by atoms with Crippen LogP contribution in [0.2, 0.25) is 0 Å². The zero-order valence-electron chi connectivity index (χ0n) is 9.98. The van der Waals surface area contributed by atoms with Crippen molar-refractivity contribution in [2.45, 2.75) is 13.0 Å². The Bertz CT molecular complexity index is 506. The van der Waals surface area contributed by atoms with Gasteiger partial charge in [-0.3, -0.25) is 0 Å². The molecule has 1 aromatic carbocycles. The molecule has 18 heavy (non-hydrogen) atoms. The number of rotatable bonds is 4. The minimum Gasteiger partial charge on any atom is -0.464 e. The van der Waals surface area contributed by atoms with Gasteiger partial charge < -0.3 is 9.84 Å². The van der Waals surface area contributed by atoms with Crippen molar-refractivity contribution >= 4 is 5.97 Å². The first-order valence-electron chi connectivity index (χ1n) is 5.67. The first-order chi connectivity index (χ1) is 8.72. The Labute approximate surface area is 105 Å². The zero-order valence-corrected chi connectivity index (χ0v) is 9.98. The van der Waals surface area contributed by atoms with Crippen molar-refractivity contribution in [3.8, 4) is 5.69 Å². The quantitative estimate of drug-likeness (QED) is 0.830. The van der Waals surface area contributed by atoms with Crippen molar-refractivity contribution in [1.82, 2.24) is 9.78 Å². The molecule has 1 heterocycles. The highest BCUT2D eigenvalue weighted by molar-refractivity contribution is 5.76. The Hall–Kier alpha value is -2.14. The summed E-state index contributed by atoms with van der Waals surface area (Å²) < 4.78 is 6.45. The Morgan fingerprint density at radius 2 is 2.17 bits per heavy atom. The van der Waals surface area contributed by atoms with Crippen LogP contribution in [0.3, 0.4) is 0 Å². The number of ether oxygens (including phenoxy) is 1. The van der Waals surface area contributed by atoms with Gasteiger partial charge in [-0.05, 0) is 30.7 Å². The summed E-state index contributed by atoms with van der Waals surface area (Å²) in [5, 5.41) is 13.8. The van der Waals surface area contributed by atoms with E-state index in [9.17, 15) is 9.90 Å². The summed E-state index contributed by atoms with van der Waals surface area (Å²) in [7, 11) is 0. The molecule has 0 bridgehead atoms. The molecule has 2 aromatic rings. The van der Waals surface area contributed by atoms with E-state index in [2.05, 4.69) is 5.10 Å². The minimum atomic E-state index is -1.24. The second-order valence-corrected chi connectivity index (χ2v) is 3.70. The summed E-state index contributed by atoms with van der Waals surface area (Å²) >= 11 is 0. The second kappa shape index (κ2) is 5.46. The largest absolute Gasteiger partial charge is 0.464 e. The maximum Gasteiger partial charge on any atom is 0.339 e. The van der Waals surface area contributed by atoms with Crippen LogP contribution in [-0.4, -0.2) is 27.5 Å². The lowest BCUT2D eigenvalue weighted by Gasteiger charge is -2.10. The number of aliphatic hydroxyl groups is 1. The van der Waals surface area contributed by atoms with E-state index in [-0.39, 0.29) is 6.61 Å². The van der Waals surface area contributed by atoms with Crippen molar-refractivity contribution in [3.63, 3.8) is 0 Å². The van der Waals surface area contributed by atoms with E-state index < -0.39 is 12.1 Å². The lowest BCUT2D eigenvalue weighted by molar-refractivity contribution is -0.153. The maximum atomic E-state index is 11.4. The third-order valence-electron chi connectivity index (χ3n) is 2.49. The molecule has 5 heteroatoms. The predicted molar refractivity (Wildman–Crippen MR) is 65.2 cm³/mol. The van der Waals surface area contributed by atoms with Crippen molar-refractivity contribution in [2.75, 3.05) is 6.61 Å². The molecule has 0 saturated carbocycles. The smallest absolute Gasteiger partial charge is 0.339 e. The van der Waals surface area contributed by atoms with Crippen LogP contribution in [-0.2, 0) is 9.53 Å². The zero-order chi connectivity index (χ0) is 13.0. The van der Waals surface area contributed by atoms with Gasteiger partial charge in [0.15, 0.2) is 6.10 Å². The Balaban J connectivity index is 2.15.